The highest BCUT2D eigenvalue weighted by atomic mass is 19.1. The number of halogens is 1. The molecule has 0 spiro atoms. The number of rotatable bonds is 4. The maximum Gasteiger partial charge on any atom is 0.215 e. The van der Waals surface area contributed by atoms with Crippen LogP contribution in [0.15, 0.2) is 72.8 Å². The van der Waals surface area contributed by atoms with Gasteiger partial charge in [0.05, 0.1) is 18.2 Å². The Morgan fingerprint density at radius 2 is 1.66 bits per heavy atom. The summed E-state index contributed by atoms with van der Waals surface area (Å²) in [4.78, 5) is 4.75. The maximum atomic E-state index is 14.5. The van der Waals surface area contributed by atoms with Crippen molar-refractivity contribution in [1.29, 1.82) is 0 Å². The normalized spacial score (nSPS) is 11.1. The third-order valence-corrected chi connectivity index (χ3v) is 4.71. The summed E-state index contributed by atoms with van der Waals surface area (Å²) < 4.78 is 21.5. The van der Waals surface area contributed by atoms with Gasteiger partial charge in [0.15, 0.2) is 11.5 Å². The molecule has 29 heavy (non-hydrogen) atoms. The average Bonchev–Trinajstić information content (AvgIpc) is 3.20. The van der Waals surface area contributed by atoms with Gasteiger partial charge in [0.2, 0.25) is 5.95 Å². The highest BCUT2D eigenvalue weighted by molar-refractivity contribution is 5.93. The molecule has 2 aromatic heterocycles. The number of nitrogens with one attached hydrogen (secondary N) is 1. The number of hydrogen-bond donors (Lipinski definition) is 1. The lowest BCUT2D eigenvalue weighted by Crippen LogP contribution is -2.04. The maximum absolute atomic E-state index is 14.5. The Labute approximate surface area is 165 Å². The second kappa shape index (κ2) is 6.87. The van der Waals surface area contributed by atoms with E-state index in [0.29, 0.717) is 23.0 Å². The quantitative estimate of drug-likeness (QED) is 0.480. The molecule has 2 heterocycles. The first-order valence-corrected chi connectivity index (χ1v) is 9.04. The zero-order chi connectivity index (χ0) is 19.8. The standard InChI is InChI=1S/C22H16FN5O/c1-29-15-12-10-14(11-13-15)24-22-25-19-9-5-3-7-17(19)21-27-26-20(28(21)22)16-6-2-4-8-18(16)23/h2-13H,1H3,(H,24,25). The number of benzene rings is 3. The zero-order valence-corrected chi connectivity index (χ0v) is 15.5. The van der Waals surface area contributed by atoms with Crippen LogP contribution in [0.1, 0.15) is 0 Å². The van der Waals surface area contributed by atoms with Crippen LogP contribution in [0.2, 0.25) is 0 Å². The van der Waals surface area contributed by atoms with E-state index < -0.39 is 0 Å². The van der Waals surface area contributed by atoms with Crippen LogP contribution < -0.4 is 10.1 Å². The molecule has 5 rings (SSSR count). The number of fused-ring (bicyclic) bond motifs is 3. The van der Waals surface area contributed by atoms with Crippen molar-refractivity contribution in [3.05, 3.63) is 78.6 Å². The summed E-state index contributed by atoms with van der Waals surface area (Å²) in [5.41, 5.74) is 2.53. The third-order valence-electron chi connectivity index (χ3n) is 4.71. The van der Waals surface area contributed by atoms with E-state index in [1.165, 1.54) is 6.07 Å². The Hall–Kier alpha value is -4.00. The predicted octanol–water partition coefficient (Wildman–Crippen LogP) is 4.84. The smallest absolute Gasteiger partial charge is 0.215 e. The van der Waals surface area contributed by atoms with E-state index in [1.807, 2.05) is 48.5 Å². The fourth-order valence-electron chi connectivity index (χ4n) is 3.29. The van der Waals surface area contributed by atoms with Crippen molar-refractivity contribution in [2.45, 2.75) is 0 Å². The Kier molecular flexibility index (Phi) is 4.05. The van der Waals surface area contributed by atoms with E-state index in [2.05, 4.69) is 15.5 Å². The van der Waals surface area contributed by atoms with E-state index in [9.17, 15) is 4.39 Å². The fourth-order valence-corrected chi connectivity index (χ4v) is 3.29. The fraction of sp³-hybridized carbons (Fsp3) is 0.0455. The molecule has 0 fully saturated rings. The molecule has 6 nitrogen and oxygen atoms in total. The highest BCUT2D eigenvalue weighted by Gasteiger charge is 2.18. The number of anilines is 2. The van der Waals surface area contributed by atoms with E-state index in [1.54, 1.807) is 29.7 Å². The third kappa shape index (κ3) is 2.93. The molecule has 0 unspecified atom stereocenters. The first-order chi connectivity index (χ1) is 14.2. The number of aromatic nitrogens is 4. The molecule has 0 radical (unpaired) electrons. The lowest BCUT2D eigenvalue weighted by atomic mass is 10.2. The molecule has 0 saturated carbocycles. The summed E-state index contributed by atoms with van der Waals surface area (Å²) in [5.74, 6) is 1.26. The van der Waals surface area contributed by atoms with Crippen molar-refractivity contribution < 1.29 is 9.13 Å². The largest absolute Gasteiger partial charge is 0.497 e. The van der Waals surface area contributed by atoms with E-state index in [4.69, 9.17) is 9.72 Å². The summed E-state index contributed by atoms with van der Waals surface area (Å²) in [5, 5.41) is 12.8. The molecule has 0 aliphatic rings. The molecule has 0 aliphatic heterocycles. The molecular weight excluding hydrogens is 369 g/mol. The van der Waals surface area contributed by atoms with Crippen LogP contribution in [0.5, 0.6) is 5.75 Å². The minimum absolute atomic E-state index is 0.356. The van der Waals surface area contributed by atoms with Gasteiger partial charge in [0.25, 0.3) is 0 Å². The molecule has 0 saturated heterocycles. The number of para-hydroxylation sites is 1. The summed E-state index contributed by atoms with van der Waals surface area (Å²) in [7, 11) is 1.62. The van der Waals surface area contributed by atoms with Gasteiger partial charge in [-0.2, -0.15) is 0 Å². The zero-order valence-electron chi connectivity index (χ0n) is 15.5. The topological polar surface area (TPSA) is 64.3 Å². The minimum atomic E-state index is -0.370. The van der Waals surface area contributed by atoms with Crippen molar-refractivity contribution in [2.24, 2.45) is 0 Å². The van der Waals surface area contributed by atoms with Gasteiger partial charge in [0.1, 0.15) is 11.6 Å². The molecule has 1 N–H and O–H groups in total. The second-order valence-electron chi connectivity index (χ2n) is 6.47. The molecule has 0 bridgehead atoms. The van der Waals surface area contributed by atoms with Gasteiger partial charge < -0.3 is 10.1 Å². The van der Waals surface area contributed by atoms with Gasteiger partial charge in [-0.05, 0) is 48.5 Å². The monoisotopic (exact) mass is 385 g/mol. The van der Waals surface area contributed by atoms with E-state index >= 15 is 0 Å². The van der Waals surface area contributed by atoms with Gasteiger partial charge in [-0.1, -0.05) is 24.3 Å². The molecular formula is C22H16FN5O. The summed E-state index contributed by atoms with van der Waals surface area (Å²) in [6, 6.07) is 21.6. The first-order valence-electron chi connectivity index (χ1n) is 9.04. The van der Waals surface area contributed by atoms with Gasteiger partial charge in [-0.15, -0.1) is 10.2 Å². The van der Waals surface area contributed by atoms with Gasteiger partial charge in [0, 0.05) is 11.1 Å². The molecule has 7 heteroatoms. The van der Waals surface area contributed by atoms with Gasteiger partial charge in [-0.3, -0.25) is 0 Å². The van der Waals surface area contributed by atoms with Crippen LogP contribution in [0.25, 0.3) is 27.9 Å². The molecule has 0 amide bonds. The first kappa shape index (κ1) is 17.1. The minimum Gasteiger partial charge on any atom is -0.497 e. The van der Waals surface area contributed by atoms with Crippen LogP contribution in [0.3, 0.4) is 0 Å². The number of methoxy groups -OCH3 is 1. The predicted molar refractivity (Wildman–Crippen MR) is 110 cm³/mol. The molecule has 3 aromatic carbocycles. The van der Waals surface area contributed by atoms with Crippen LogP contribution in [-0.2, 0) is 0 Å². The lowest BCUT2D eigenvalue weighted by Gasteiger charge is -2.12. The number of hydrogen-bond acceptors (Lipinski definition) is 5. The molecule has 0 aliphatic carbocycles. The Morgan fingerprint density at radius 3 is 2.45 bits per heavy atom. The van der Waals surface area contributed by atoms with Crippen molar-refractivity contribution in [3.63, 3.8) is 0 Å². The second-order valence-corrected chi connectivity index (χ2v) is 6.47. The average molecular weight is 385 g/mol. The Bertz CT molecular complexity index is 1330. The van der Waals surface area contributed by atoms with E-state index in [0.717, 1.165) is 22.3 Å². The molecule has 5 aromatic rings. The Morgan fingerprint density at radius 1 is 0.897 bits per heavy atom. The SMILES string of the molecule is COc1ccc(Nc2nc3ccccc3c3nnc(-c4ccccc4F)n23)cc1. The summed E-state index contributed by atoms with van der Waals surface area (Å²) in [6.07, 6.45) is 0. The van der Waals surface area contributed by atoms with Crippen LogP contribution in [0, 0.1) is 5.82 Å². The van der Waals surface area contributed by atoms with Gasteiger partial charge in [-0.25, -0.2) is 13.8 Å². The highest BCUT2D eigenvalue weighted by Crippen LogP contribution is 2.29. The number of nitrogens with zero attached hydrogens (tertiary/aromatic N) is 4. The Balaban J connectivity index is 1.75. The summed E-state index contributed by atoms with van der Waals surface area (Å²) in [6.45, 7) is 0. The number of ether oxygens (including phenoxy) is 1. The van der Waals surface area contributed by atoms with Crippen LogP contribution >= 0.6 is 0 Å². The van der Waals surface area contributed by atoms with Crippen molar-refractivity contribution in [2.75, 3.05) is 12.4 Å². The van der Waals surface area contributed by atoms with Crippen molar-refractivity contribution in [1.82, 2.24) is 19.6 Å². The molecule has 142 valence electrons. The summed E-state index contributed by atoms with van der Waals surface area (Å²) >= 11 is 0. The lowest BCUT2D eigenvalue weighted by molar-refractivity contribution is 0.415. The van der Waals surface area contributed by atoms with Crippen LogP contribution in [-0.4, -0.2) is 26.7 Å². The van der Waals surface area contributed by atoms with E-state index in [-0.39, 0.29) is 5.82 Å². The van der Waals surface area contributed by atoms with Crippen molar-refractivity contribution in [3.8, 4) is 17.1 Å². The van der Waals surface area contributed by atoms with Crippen LogP contribution in [0.4, 0.5) is 16.0 Å². The van der Waals surface area contributed by atoms with Crippen molar-refractivity contribution >= 4 is 28.2 Å². The van der Waals surface area contributed by atoms with Gasteiger partial charge >= 0.3 is 0 Å². The molecule has 0 atom stereocenters.